The van der Waals surface area contributed by atoms with Gasteiger partial charge in [0.05, 0.1) is 17.8 Å². The Balaban J connectivity index is 1.22. The van der Waals surface area contributed by atoms with Crippen LogP contribution in [0, 0.1) is 0 Å². The van der Waals surface area contributed by atoms with E-state index in [0.29, 0.717) is 40.6 Å². The molecule has 7 rings (SSSR count). The molecule has 0 saturated heterocycles. The highest BCUT2D eigenvalue weighted by atomic mass is 35.5. The molecule has 12 heteroatoms. The number of benzene rings is 3. The maximum atomic E-state index is 14.3. The molecule has 2 aliphatic rings. The molecule has 0 unspecified atom stereocenters. The summed E-state index contributed by atoms with van der Waals surface area (Å²) in [6, 6.07) is 20.3. The van der Waals surface area contributed by atoms with Gasteiger partial charge < -0.3 is 19.7 Å². The summed E-state index contributed by atoms with van der Waals surface area (Å²) in [4.78, 5) is 35.0. The predicted molar refractivity (Wildman–Crippen MR) is 163 cm³/mol. The Hall–Kier alpha value is -4.48. The van der Waals surface area contributed by atoms with Crippen molar-refractivity contribution in [1.29, 1.82) is 0 Å². The zero-order valence-electron chi connectivity index (χ0n) is 23.0. The number of nitrogens with zero attached hydrogens (tertiary/aromatic N) is 5. The second-order valence-corrected chi connectivity index (χ2v) is 12.0. The van der Waals surface area contributed by atoms with Crippen LogP contribution in [0.15, 0.2) is 72.1 Å². The smallest absolute Gasteiger partial charge is 0.250 e. The first-order chi connectivity index (χ1) is 21.0. The van der Waals surface area contributed by atoms with Crippen LogP contribution in [-0.2, 0) is 22.7 Å². The van der Waals surface area contributed by atoms with Gasteiger partial charge in [0.15, 0.2) is 11.5 Å². The van der Waals surface area contributed by atoms with Gasteiger partial charge in [-0.25, -0.2) is 9.67 Å². The number of aromatic nitrogens is 4. The van der Waals surface area contributed by atoms with Crippen molar-refractivity contribution in [3.63, 3.8) is 0 Å². The van der Waals surface area contributed by atoms with Gasteiger partial charge >= 0.3 is 0 Å². The summed E-state index contributed by atoms with van der Waals surface area (Å²) in [7, 11) is 0. The Morgan fingerprint density at radius 1 is 1.02 bits per heavy atom. The fraction of sp³-hybridized carbons (Fsp3) is 0.258. The molecule has 1 aliphatic heterocycles. The topological polar surface area (TPSA) is 111 Å². The number of hydrogen-bond donors (Lipinski definition) is 1. The quantitative estimate of drug-likeness (QED) is 0.231. The van der Waals surface area contributed by atoms with Crippen LogP contribution in [0.25, 0.3) is 22.3 Å². The maximum absolute atomic E-state index is 14.3. The number of rotatable bonds is 8. The van der Waals surface area contributed by atoms with Crippen molar-refractivity contribution >= 4 is 51.5 Å². The predicted octanol–water partition coefficient (Wildman–Crippen LogP) is 5.92. The first-order valence-electron chi connectivity index (χ1n) is 14.0. The first-order valence-corrected chi connectivity index (χ1v) is 15.2. The number of carbonyl (C=O) groups is 2. The number of hydrogen-bond acceptors (Lipinski definition) is 8. The van der Waals surface area contributed by atoms with E-state index in [4.69, 9.17) is 26.1 Å². The van der Waals surface area contributed by atoms with Crippen LogP contribution in [0.4, 0.5) is 5.69 Å². The number of thiazole rings is 1. The fourth-order valence-corrected chi connectivity index (χ4v) is 6.72. The Morgan fingerprint density at radius 3 is 2.65 bits per heavy atom. The molecule has 0 spiro atoms. The van der Waals surface area contributed by atoms with E-state index < -0.39 is 5.54 Å². The Bertz CT molecular complexity index is 1810. The summed E-state index contributed by atoms with van der Waals surface area (Å²) in [6.45, 7) is 0.259. The van der Waals surface area contributed by atoms with Crippen LogP contribution in [0.5, 0.6) is 11.5 Å². The monoisotopic (exact) mass is 614 g/mol. The standard InChI is InChI=1S/C31H27ClN6O4S/c32-21-9-7-20(8-10-21)24-18-43-28(34-24)16-37(29(39)17-38-25-6-2-1-5-23(25)35-36-38)31(13-3-4-14-31)30(40)33-22-11-12-26-27(15-22)42-19-41-26/h1-2,5-12,15,18H,3-4,13-14,16-17,19H2,(H,33,40). The molecule has 5 aromatic rings. The molecule has 1 fully saturated rings. The molecule has 3 aromatic carbocycles. The Morgan fingerprint density at radius 2 is 1.81 bits per heavy atom. The number of nitrogens with one attached hydrogen (secondary N) is 1. The van der Waals surface area contributed by atoms with Gasteiger partial charge in [0.25, 0.3) is 0 Å². The molecule has 3 heterocycles. The second kappa shape index (κ2) is 11.3. The molecular weight excluding hydrogens is 588 g/mol. The molecule has 1 aliphatic carbocycles. The van der Waals surface area contributed by atoms with Crippen LogP contribution in [0.1, 0.15) is 30.7 Å². The molecule has 0 bridgehead atoms. The minimum Gasteiger partial charge on any atom is -0.454 e. The van der Waals surface area contributed by atoms with Gasteiger partial charge in [-0.3, -0.25) is 9.59 Å². The summed E-state index contributed by atoms with van der Waals surface area (Å²) in [5.74, 6) is 0.726. The Kier molecular flexibility index (Phi) is 7.20. The summed E-state index contributed by atoms with van der Waals surface area (Å²) >= 11 is 7.54. The van der Waals surface area contributed by atoms with Crippen LogP contribution in [0.2, 0.25) is 5.02 Å². The van der Waals surface area contributed by atoms with Gasteiger partial charge in [0, 0.05) is 27.7 Å². The average Bonchev–Trinajstić information content (AvgIpc) is 3.84. The van der Waals surface area contributed by atoms with Crippen molar-refractivity contribution in [3.8, 4) is 22.8 Å². The lowest BCUT2D eigenvalue weighted by molar-refractivity contribution is -0.147. The van der Waals surface area contributed by atoms with Gasteiger partial charge in [-0.15, -0.1) is 16.4 Å². The Labute approximate surface area is 256 Å². The van der Waals surface area contributed by atoms with Crippen LogP contribution in [-0.4, -0.2) is 49.0 Å². The lowest BCUT2D eigenvalue weighted by Gasteiger charge is -2.39. The molecular formula is C31H27ClN6O4S. The van der Waals surface area contributed by atoms with Gasteiger partial charge in [0.1, 0.15) is 22.6 Å². The lowest BCUT2D eigenvalue weighted by Crippen LogP contribution is -2.57. The maximum Gasteiger partial charge on any atom is 0.250 e. The normalized spacial score (nSPS) is 15.1. The average molecular weight is 615 g/mol. The van der Waals surface area contributed by atoms with Gasteiger partial charge in [-0.2, -0.15) is 0 Å². The number of anilines is 1. The molecule has 2 aromatic heterocycles. The number of ether oxygens (including phenoxy) is 2. The van der Waals surface area contributed by atoms with Crippen molar-refractivity contribution in [1.82, 2.24) is 24.9 Å². The highest BCUT2D eigenvalue weighted by Crippen LogP contribution is 2.40. The van der Waals surface area contributed by atoms with E-state index in [1.807, 2.05) is 53.9 Å². The van der Waals surface area contributed by atoms with E-state index in [2.05, 4.69) is 15.6 Å². The first kappa shape index (κ1) is 27.4. The number of amides is 2. The van der Waals surface area contributed by atoms with E-state index in [0.717, 1.165) is 34.6 Å². The molecule has 1 N–H and O–H groups in total. The molecule has 2 amide bonds. The summed E-state index contributed by atoms with van der Waals surface area (Å²) < 4.78 is 12.5. The number of fused-ring (bicyclic) bond motifs is 2. The van der Waals surface area contributed by atoms with Crippen LogP contribution in [0.3, 0.4) is 0 Å². The van der Waals surface area contributed by atoms with E-state index in [1.54, 1.807) is 27.8 Å². The van der Waals surface area contributed by atoms with Crippen molar-refractivity contribution in [2.24, 2.45) is 0 Å². The minimum absolute atomic E-state index is 0.0605. The number of para-hydroxylation sites is 1. The zero-order chi connectivity index (χ0) is 29.4. The lowest BCUT2D eigenvalue weighted by atomic mass is 9.93. The third-order valence-electron chi connectivity index (χ3n) is 7.99. The SMILES string of the molecule is O=C(Cn1nnc2ccccc21)N(Cc1nc(-c2ccc(Cl)cc2)cs1)C1(C(=O)Nc2ccc3c(c2)OCO3)CCCC1. The van der Waals surface area contributed by atoms with Gasteiger partial charge in [-0.1, -0.05) is 53.9 Å². The van der Waals surface area contributed by atoms with Crippen molar-refractivity contribution < 1.29 is 19.1 Å². The molecule has 0 radical (unpaired) electrons. The summed E-state index contributed by atoms with van der Waals surface area (Å²) in [5, 5.41) is 14.9. The molecule has 43 heavy (non-hydrogen) atoms. The molecule has 218 valence electrons. The van der Waals surface area contributed by atoms with Crippen LogP contribution < -0.4 is 14.8 Å². The number of carbonyl (C=O) groups excluding carboxylic acids is 2. The molecule has 1 saturated carbocycles. The van der Waals surface area contributed by atoms with Gasteiger partial charge in [-0.05, 0) is 49.2 Å². The van der Waals surface area contributed by atoms with Gasteiger partial charge in [0.2, 0.25) is 18.6 Å². The van der Waals surface area contributed by atoms with E-state index in [-0.39, 0.29) is 31.7 Å². The fourth-order valence-electron chi connectivity index (χ4n) is 5.80. The third-order valence-corrected chi connectivity index (χ3v) is 9.08. The van der Waals surface area contributed by atoms with E-state index >= 15 is 0 Å². The highest BCUT2D eigenvalue weighted by Gasteiger charge is 2.48. The summed E-state index contributed by atoms with van der Waals surface area (Å²) in [5.41, 5.74) is 2.67. The molecule has 10 nitrogen and oxygen atoms in total. The van der Waals surface area contributed by atoms with Crippen molar-refractivity contribution in [3.05, 3.63) is 82.1 Å². The van der Waals surface area contributed by atoms with Crippen LogP contribution >= 0.6 is 22.9 Å². The third kappa shape index (κ3) is 5.30. The zero-order valence-corrected chi connectivity index (χ0v) is 24.6. The number of halogens is 1. The molecule has 0 atom stereocenters. The second-order valence-electron chi connectivity index (χ2n) is 10.6. The van der Waals surface area contributed by atoms with Crippen molar-refractivity contribution in [2.75, 3.05) is 12.1 Å². The van der Waals surface area contributed by atoms with E-state index in [9.17, 15) is 9.59 Å². The van der Waals surface area contributed by atoms with E-state index in [1.165, 1.54) is 11.3 Å². The summed E-state index contributed by atoms with van der Waals surface area (Å²) in [6.07, 6.45) is 2.70. The highest BCUT2D eigenvalue weighted by molar-refractivity contribution is 7.09. The largest absolute Gasteiger partial charge is 0.454 e. The minimum atomic E-state index is -1.07. The van der Waals surface area contributed by atoms with Crippen molar-refractivity contribution in [2.45, 2.75) is 44.3 Å².